The predicted octanol–water partition coefficient (Wildman–Crippen LogP) is 2.05. The van der Waals surface area contributed by atoms with Crippen LogP contribution in [0.2, 0.25) is 0 Å². The molecule has 0 saturated carbocycles. The number of ether oxygens (including phenoxy) is 5. The second kappa shape index (κ2) is 15.6. The highest BCUT2D eigenvalue weighted by atomic mass is 127. The van der Waals surface area contributed by atoms with E-state index >= 15 is 0 Å². The standard InChI is InChI=1S/C18H31N3O5.HI/c1-19-18(20-7-6-8-26-10-9-22-2)21-13-14-11-15(23-3)17(25-5)16(12-14)24-4;/h11-12H,6-10,13H2,1-5H3,(H2,19,20,21);1H. The molecule has 0 heterocycles. The van der Waals surface area contributed by atoms with Crippen LogP contribution in [0, 0.1) is 0 Å². The number of hydrogen-bond acceptors (Lipinski definition) is 6. The molecular formula is C18H32IN3O5. The maximum Gasteiger partial charge on any atom is 0.203 e. The lowest BCUT2D eigenvalue weighted by Gasteiger charge is -2.16. The van der Waals surface area contributed by atoms with Gasteiger partial charge in [0.15, 0.2) is 17.5 Å². The van der Waals surface area contributed by atoms with E-state index in [1.165, 1.54) is 0 Å². The van der Waals surface area contributed by atoms with Crippen LogP contribution in [0.1, 0.15) is 12.0 Å². The maximum atomic E-state index is 5.43. The normalized spacial score (nSPS) is 10.8. The molecule has 8 nitrogen and oxygen atoms in total. The van der Waals surface area contributed by atoms with Crippen LogP contribution >= 0.6 is 24.0 Å². The zero-order chi connectivity index (χ0) is 19.2. The lowest BCUT2D eigenvalue weighted by atomic mass is 10.2. The summed E-state index contributed by atoms with van der Waals surface area (Å²) in [5, 5.41) is 6.51. The first-order valence-corrected chi connectivity index (χ1v) is 8.50. The summed E-state index contributed by atoms with van der Waals surface area (Å²) >= 11 is 0. The lowest BCUT2D eigenvalue weighted by Crippen LogP contribution is -2.37. The van der Waals surface area contributed by atoms with E-state index in [0.29, 0.717) is 43.6 Å². The minimum Gasteiger partial charge on any atom is -0.493 e. The van der Waals surface area contributed by atoms with Gasteiger partial charge in [-0.15, -0.1) is 24.0 Å². The largest absolute Gasteiger partial charge is 0.493 e. The van der Waals surface area contributed by atoms with Crippen LogP contribution in [0.25, 0.3) is 0 Å². The van der Waals surface area contributed by atoms with Gasteiger partial charge in [-0.25, -0.2) is 0 Å². The molecule has 0 fully saturated rings. The van der Waals surface area contributed by atoms with E-state index in [2.05, 4.69) is 15.6 Å². The fraction of sp³-hybridized carbons (Fsp3) is 0.611. The van der Waals surface area contributed by atoms with Crippen LogP contribution in [-0.4, -0.2) is 67.8 Å². The van der Waals surface area contributed by atoms with Gasteiger partial charge in [0.2, 0.25) is 5.75 Å². The zero-order valence-electron chi connectivity index (χ0n) is 16.8. The van der Waals surface area contributed by atoms with Crippen LogP contribution in [0.5, 0.6) is 17.2 Å². The van der Waals surface area contributed by atoms with E-state index in [4.69, 9.17) is 23.7 Å². The molecule has 0 atom stereocenters. The quantitative estimate of drug-likeness (QED) is 0.198. The molecule has 0 saturated heterocycles. The fourth-order valence-corrected chi connectivity index (χ4v) is 2.27. The van der Waals surface area contributed by atoms with Crippen molar-refractivity contribution < 1.29 is 23.7 Å². The van der Waals surface area contributed by atoms with Crippen molar-refractivity contribution in [2.24, 2.45) is 4.99 Å². The number of halogens is 1. The number of aliphatic imine (C=N–C) groups is 1. The van der Waals surface area contributed by atoms with Gasteiger partial charge in [0.05, 0.1) is 34.5 Å². The van der Waals surface area contributed by atoms with E-state index in [1.54, 1.807) is 35.5 Å². The van der Waals surface area contributed by atoms with Gasteiger partial charge in [0.25, 0.3) is 0 Å². The summed E-state index contributed by atoms with van der Waals surface area (Å²) in [5.41, 5.74) is 0.991. The third-order valence-corrected chi connectivity index (χ3v) is 3.60. The van der Waals surface area contributed by atoms with Crippen LogP contribution in [-0.2, 0) is 16.0 Å². The van der Waals surface area contributed by atoms with E-state index in [1.807, 2.05) is 12.1 Å². The van der Waals surface area contributed by atoms with Gasteiger partial charge >= 0.3 is 0 Å². The first kappa shape index (κ1) is 25.5. The van der Waals surface area contributed by atoms with Gasteiger partial charge in [-0.2, -0.15) is 0 Å². The van der Waals surface area contributed by atoms with Crippen LogP contribution in [0.15, 0.2) is 17.1 Å². The molecule has 1 aromatic carbocycles. The third-order valence-electron chi connectivity index (χ3n) is 3.60. The van der Waals surface area contributed by atoms with Gasteiger partial charge in [0, 0.05) is 33.9 Å². The lowest BCUT2D eigenvalue weighted by molar-refractivity contribution is 0.0698. The third kappa shape index (κ3) is 9.34. The summed E-state index contributed by atoms with van der Waals surface area (Å²) in [5.74, 6) is 2.55. The Balaban J connectivity index is 0.00000676. The van der Waals surface area contributed by atoms with Crippen molar-refractivity contribution in [1.82, 2.24) is 10.6 Å². The molecule has 156 valence electrons. The molecule has 0 bridgehead atoms. The monoisotopic (exact) mass is 497 g/mol. The summed E-state index contributed by atoms with van der Waals surface area (Å²) in [6, 6.07) is 3.82. The Hall–Kier alpha value is -1.46. The number of guanidine groups is 1. The van der Waals surface area contributed by atoms with Gasteiger partial charge in [-0.05, 0) is 24.1 Å². The van der Waals surface area contributed by atoms with E-state index in [0.717, 1.165) is 24.5 Å². The molecule has 1 rings (SSSR count). The summed E-state index contributed by atoms with van der Waals surface area (Å²) in [7, 11) is 8.19. The molecule has 0 aromatic heterocycles. The summed E-state index contributed by atoms with van der Waals surface area (Å²) in [6.07, 6.45) is 0.884. The Bertz CT molecular complexity index is 533. The molecule has 1 aromatic rings. The van der Waals surface area contributed by atoms with Crippen molar-refractivity contribution in [3.05, 3.63) is 17.7 Å². The van der Waals surface area contributed by atoms with Crippen molar-refractivity contribution in [2.75, 3.05) is 61.9 Å². The number of methoxy groups -OCH3 is 4. The van der Waals surface area contributed by atoms with Crippen molar-refractivity contribution >= 4 is 29.9 Å². The van der Waals surface area contributed by atoms with Crippen LogP contribution in [0.4, 0.5) is 0 Å². The topological polar surface area (TPSA) is 82.6 Å². The average molecular weight is 497 g/mol. The Morgan fingerprint density at radius 2 is 1.59 bits per heavy atom. The van der Waals surface area contributed by atoms with Crippen molar-refractivity contribution in [3.8, 4) is 17.2 Å². The second-order valence-electron chi connectivity index (χ2n) is 5.34. The second-order valence-corrected chi connectivity index (χ2v) is 5.34. The molecule has 0 unspecified atom stereocenters. The fourth-order valence-electron chi connectivity index (χ4n) is 2.27. The molecule has 0 amide bonds. The summed E-state index contributed by atoms with van der Waals surface area (Å²) < 4.78 is 26.4. The number of hydrogen-bond donors (Lipinski definition) is 2. The molecule has 0 aliphatic heterocycles. The maximum absolute atomic E-state index is 5.43. The Kier molecular flexibility index (Phi) is 14.7. The molecule has 0 radical (unpaired) electrons. The van der Waals surface area contributed by atoms with Gasteiger partial charge in [0.1, 0.15) is 0 Å². The zero-order valence-corrected chi connectivity index (χ0v) is 19.1. The highest BCUT2D eigenvalue weighted by Crippen LogP contribution is 2.38. The smallest absolute Gasteiger partial charge is 0.203 e. The SMILES string of the molecule is CN=C(NCCCOCCOC)NCc1cc(OC)c(OC)c(OC)c1.I. The predicted molar refractivity (Wildman–Crippen MR) is 117 cm³/mol. The Morgan fingerprint density at radius 1 is 0.926 bits per heavy atom. The minimum absolute atomic E-state index is 0. The molecule has 0 spiro atoms. The average Bonchev–Trinajstić information content (AvgIpc) is 2.68. The Labute approximate surface area is 179 Å². The van der Waals surface area contributed by atoms with Gasteiger partial charge < -0.3 is 34.3 Å². The van der Waals surface area contributed by atoms with E-state index in [9.17, 15) is 0 Å². The van der Waals surface area contributed by atoms with Crippen LogP contribution < -0.4 is 24.8 Å². The molecule has 27 heavy (non-hydrogen) atoms. The van der Waals surface area contributed by atoms with Gasteiger partial charge in [-0.1, -0.05) is 0 Å². The van der Waals surface area contributed by atoms with Crippen molar-refractivity contribution in [1.29, 1.82) is 0 Å². The van der Waals surface area contributed by atoms with Gasteiger partial charge in [-0.3, -0.25) is 4.99 Å². The molecular weight excluding hydrogens is 465 g/mol. The van der Waals surface area contributed by atoms with Crippen molar-refractivity contribution in [2.45, 2.75) is 13.0 Å². The highest BCUT2D eigenvalue weighted by Gasteiger charge is 2.13. The molecule has 0 aliphatic rings. The molecule has 0 aliphatic carbocycles. The van der Waals surface area contributed by atoms with E-state index in [-0.39, 0.29) is 24.0 Å². The Morgan fingerprint density at radius 3 is 2.11 bits per heavy atom. The molecule has 9 heteroatoms. The first-order valence-electron chi connectivity index (χ1n) is 8.50. The highest BCUT2D eigenvalue weighted by molar-refractivity contribution is 14.0. The molecule has 2 N–H and O–H groups in total. The number of benzene rings is 1. The minimum atomic E-state index is 0. The first-order chi connectivity index (χ1) is 12.7. The van der Waals surface area contributed by atoms with E-state index < -0.39 is 0 Å². The van der Waals surface area contributed by atoms with Crippen LogP contribution in [0.3, 0.4) is 0 Å². The number of nitrogens with zero attached hydrogens (tertiary/aromatic N) is 1. The number of nitrogens with one attached hydrogen (secondary N) is 2. The summed E-state index contributed by atoms with van der Waals surface area (Å²) in [6.45, 7) is 3.25. The summed E-state index contributed by atoms with van der Waals surface area (Å²) in [4.78, 5) is 4.22. The van der Waals surface area contributed by atoms with Crippen molar-refractivity contribution in [3.63, 3.8) is 0 Å². The number of rotatable bonds is 12.